The highest BCUT2D eigenvalue weighted by atomic mass is 79.9. The standard InChI is InChI=1S/C8H13Br2NO2/c1-5(2)4-11-7(13)8(9,10)6(3)12/h5H,4H2,1-3H3,(H,11,13). The van der Waals surface area contributed by atoms with Gasteiger partial charge in [-0.25, -0.2) is 0 Å². The fourth-order valence-electron chi connectivity index (χ4n) is 0.568. The molecule has 0 aliphatic carbocycles. The number of carbonyl (C=O) groups is 2. The number of halogens is 2. The molecular formula is C8H13Br2NO2. The van der Waals surface area contributed by atoms with E-state index in [1.54, 1.807) is 0 Å². The van der Waals surface area contributed by atoms with E-state index >= 15 is 0 Å². The second-order valence-electron chi connectivity index (χ2n) is 3.23. The number of carbonyl (C=O) groups excluding carboxylic acids is 2. The summed E-state index contributed by atoms with van der Waals surface area (Å²) in [5.74, 6) is -0.255. The van der Waals surface area contributed by atoms with Crippen LogP contribution in [0, 0.1) is 5.92 Å². The van der Waals surface area contributed by atoms with Gasteiger partial charge < -0.3 is 5.32 Å². The molecule has 0 aromatic rings. The van der Waals surface area contributed by atoms with Gasteiger partial charge in [0.05, 0.1) is 0 Å². The van der Waals surface area contributed by atoms with E-state index in [4.69, 9.17) is 0 Å². The Labute approximate surface area is 94.9 Å². The highest BCUT2D eigenvalue weighted by Gasteiger charge is 2.37. The zero-order valence-corrected chi connectivity index (χ0v) is 11.0. The van der Waals surface area contributed by atoms with E-state index in [1.165, 1.54) is 6.92 Å². The molecule has 0 saturated carbocycles. The van der Waals surface area contributed by atoms with Gasteiger partial charge in [0.1, 0.15) is 0 Å². The number of hydrogen-bond donors (Lipinski definition) is 1. The maximum Gasteiger partial charge on any atom is 0.255 e. The third-order valence-electron chi connectivity index (χ3n) is 1.40. The molecule has 0 bridgehead atoms. The first-order valence-corrected chi connectivity index (χ1v) is 5.54. The Hall–Kier alpha value is 0.1000. The molecule has 0 heterocycles. The van der Waals surface area contributed by atoms with Crippen LogP contribution in [0.25, 0.3) is 0 Å². The van der Waals surface area contributed by atoms with E-state index < -0.39 is 3.23 Å². The van der Waals surface area contributed by atoms with Crippen LogP contribution in [0.15, 0.2) is 0 Å². The van der Waals surface area contributed by atoms with E-state index in [-0.39, 0.29) is 11.7 Å². The molecule has 0 unspecified atom stereocenters. The van der Waals surface area contributed by atoms with Crippen LogP contribution < -0.4 is 5.32 Å². The van der Waals surface area contributed by atoms with Crippen LogP contribution in [0.5, 0.6) is 0 Å². The van der Waals surface area contributed by atoms with Crippen LogP contribution in [-0.2, 0) is 9.59 Å². The van der Waals surface area contributed by atoms with Crippen molar-refractivity contribution in [3.05, 3.63) is 0 Å². The second-order valence-corrected chi connectivity index (χ2v) is 6.68. The van der Waals surface area contributed by atoms with Crippen LogP contribution >= 0.6 is 31.9 Å². The Kier molecular flexibility index (Phi) is 5.14. The lowest BCUT2D eigenvalue weighted by Gasteiger charge is -2.17. The van der Waals surface area contributed by atoms with Crippen LogP contribution in [0.2, 0.25) is 0 Å². The summed E-state index contributed by atoms with van der Waals surface area (Å²) in [4.78, 5) is 22.4. The van der Waals surface area contributed by atoms with Gasteiger partial charge in [0, 0.05) is 6.54 Å². The summed E-state index contributed by atoms with van der Waals surface area (Å²) in [5.41, 5.74) is 0. The van der Waals surface area contributed by atoms with Crippen molar-refractivity contribution in [2.24, 2.45) is 5.92 Å². The molecule has 0 aliphatic heterocycles. The monoisotopic (exact) mass is 313 g/mol. The van der Waals surface area contributed by atoms with E-state index in [0.29, 0.717) is 12.5 Å². The summed E-state index contributed by atoms with van der Waals surface area (Å²) in [5, 5.41) is 2.65. The Morgan fingerprint density at radius 1 is 1.38 bits per heavy atom. The zero-order chi connectivity index (χ0) is 10.6. The van der Waals surface area contributed by atoms with Gasteiger partial charge >= 0.3 is 0 Å². The molecule has 0 radical (unpaired) electrons. The average molecular weight is 315 g/mol. The number of nitrogens with one attached hydrogen (secondary N) is 1. The van der Waals surface area contributed by atoms with Gasteiger partial charge in [-0.2, -0.15) is 0 Å². The fourth-order valence-corrected chi connectivity index (χ4v) is 0.848. The third kappa shape index (κ3) is 4.22. The predicted molar refractivity (Wildman–Crippen MR) is 59.1 cm³/mol. The van der Waals surface area contributed by atoms with Gasteiger partial charge in [-0.3, -0.25) is 9.59 Å². The first-order chi connectivity index (χ1) is 5.78. The van der Waals surface area contributed by atoms with E-state index in [9.17, 15) is 9.59 Å². The summed E-state index contributed by atoms with van der Waals surface area (Å²) >= 11 is 6.03. The smallest absolute Gasteiger partial charge is 0.255 e. The lowest BCUT2D eigenvalue weighted by atomic mass is 10.2. The minimum atomic E-state index is -1.27. The van der Waals surface area contributed by atoms with E-state index in [1.807, 2.05) is 13.8 Å². The summed E-state index contributed by atoms with van der Waals surface area (Å²) in [6, 6.07) is 0. The highest BCUT2D eigenvalue weighted by Crippen LogP contribution is 2.27. The first kappa shape index (κ1) is 13.1. The van der Waals surface area contributed by atoms with Gasteiger partial charge in [-0.15, -0.1) is 0 Å². The molecule has 13 heavy (non-hydrogen) atoms. The molecule has 1 N–H and O–H groups in total. The molecule has 0 fully saturated rings. The SMILES string of the molecule is CC(=O)C(Br)(Br)C(=O)NCC(C)C. The van der Waals surface area contributed by atoms with Crippen molar-refractivity contribution in [1.29, 1.82) is 0 Å². The number of Topliss-reactive ketones (excluding diaryl/α,β-unsaturated/α-hetero) is 1. The van der Waals surface area contributed by atoms with Crippen molar-refractivity contribution in [2.75, 3.05) is 6.54 Å². The Bertz CT molecular complexity index is 214. The summed E-state index contributed by atoms with van der Waals surface area (Å²) in [7, 11) is 0. The molecule has 0 aromatic carbocycles. The maximum absolute atomic E-state index is 11.4. The minimum Gasteiger partial charge on any atom is -0.353 e. The Morgan fingerprint density at radius 2 is 1.85 bits per heavy atom. The molecule has 0 rings (SSSR count). The summed E-state index contributed by atoms with van der Waals surface area (Å²) in [6.45, 7) is 5.87. The Morgan fingerprint density at radius 3 is 2.15 bits per heavy atom. The first-order valence-electron chi connectivity index (χ1n) is 3.95. The average Bonchev–Trinajstić information content (AvgIpc) is 1.99. The van der Waals surface area contributed by atoms with E-state index in [0.717, 1.165) is 0 Å². The molecule has 76 valence electrons. The van der Waals surface area contributed by atoms with Crippen LogP contribution in [-0.4, -0.2) is 21.5 Å². The van der Waals surface area contributed by atoms with Crippen molar-refractivity contribution >= 4 is 43.6 Å². The zero-order valence-electron chi connectivity index (χ0n) is 7.86. The topological polar surface area (TPSA) is 46.2 Å². The number of alkyl halides is 2. The van der Waals surface area contributed by atoms with Gasteiger partial charge in [-0.1, -0.05) is 45.7 Å². The van der Waals surface area contributed by atoms with Crippen LogP contribution in [0.4, 0.5) is 0 Å². The van der Waals surface area contributed by atoms with Crippen molar-refractivity contribution in [3.8, 4) is 0 Å². The number of ketones is 1. The van der Waals surface area contributed by atoms with Gasteiger partial charge in [-0.05, 0) is 12.8 Å². The lowest BCUT2D eigenvalue weighted by molar-refractivity contribution is -0.127. The molecule has 0 aromatic heterocycles. The van der Waals surface area contributed by atoms with Gasteiger partial charge in [0.15, 0.2) is 5.78 Å². The van der Waals surface area contributed by atoms with Crippen molar-refractivity contribution in [3.63, 3.8) is 0 Å². The molecule has 3 nitrogen and oxygen atoms in total. The number of rotatable bonds is 4. The molecule has 1 amide bonds. The van der Waals surface area contributed by atoms with Crippen molar-refractivity contribution < 1.29 is 9.59 Å². The quantitative estimate of drug-likeness (QED) is 0.635. The second kappa shape index (κ2) is 5.10. The van der Waals surface area contributed by atoms with Crippen LogP contribution in [0.3, 0.4) is 0 Å². The largest absolute Gasteiger partial charge is 0.353 e. The lowest BCUT2D eigenvalue weighted by Crippen LogP contribution is -2.43. The number of hydrogen-bond acceptors (Lipinski definition) is 2. The molecule has 0 saturated heterocycles. The van der Waals surface area contributed by atoms with E-state index in [2.05, 4.69) is 37.2 Å². The van der Waals surface area contributed by atoms with Crippen molar-refractivity contribution in [2.45, 2.75) is 24.0 Å². The molecular weight excluding hydrogens is 302 g/mol. The normalized spacial score (nSPS) is 11.5. The molecule has 0 aliphatic rings. The van der Waals surface area contributed by atoms with Crippen molar-refractivity contribution in [1.82, 2.24) is 5.32 Å². The fraction of sp³-hybridized carbons (Fsp3) is 0.750. The third-order valence-corrected chi connectivity index (χ3v) is 3.24. The highest BCUT2D eigenvalue weighted by molar-refractivity contribution is 9.26. The van der Waals surface area contributed by atoms with Crippen LogP contribution in [0.1, 0.15) is 20.8 Å². The van der Waals surface area contributed by atoms with Gasteiger partial charge in [0.25, 0.3) is 5.91 Å². The summed E-state index contributed by atoms with van der Waals surface area (Å²) < 4.78 is -1.27. The molecule has 0 spiro atoms. The predicted octanol–water partition coefficient (Wildman–Crippen LogP) is 1.83. The molecule has 5 heteroatoms. The molecule has 0 atom stereocenters. The Balaban J connectivity index is 4.18. The number of amides is 1. The summed E-state index contributed by atoms with van der Waals surface area (Å²) in [6.07, 6.45) is 0. The maximum atomic E-state index is 11.4. The van der Waals surface area contributed by atoms with Gasteiger partial charge in [0.2, 0.25) is 3.23 Å². The minimum absolute atomic E-state index is 0.270.